The predicted molar refractivity (Wildman–Crippen MR) is 68.1 cm³/mol. The molecule has 0 unspecified atom stereocenters. The third-order valence-electron chi connectivity index (χ3n) is 3.46. The topological polar surface area (TPSA) is 33.6 Å². The van der Waals surface area contributed by atoms with Crippen molar-refractivity contribution in [3.63, 3.8) is 0 Å². The maximum atomic E-state index is 5.29. The Kier molecular flexibility index (Phi) is 4.16. The van der Waals surface area contributed by atoms with E-state index < -0.39 is 0 Å². The Morgan fingerprint density at radius 3 is 2.62 bits per heavy atom. The van der Waals surface area contributed by atoms with E-state index in [9.17, 15) is 0 Å². The molecule has 1 aliphatic rings. The standard InChI is InChI=1S/C12H21N3S/c1-2-9-15-11(13-14-12(15)16)10-7-5-3-4-6-8-10/h10H,2-9H2,1H3,(H,14,16). The van der Waals surface area contributed by atoms with E-state index in [1.807, 2.05) is 0 Å². The molecule has 90 valence electrons. The van der Waals surface area contributed by atoms with Crippen LogP contribution in [-0.2, 0) is 6.54 Å². The Morgan fingerprint density at radius 1 is 1.31 bits per heavy atom. The van der Waals surface area contributed by atoms with E-state index in [-0.39, 0.29) is 0 Å². The fourth-order valence-corrected chi connectivity index (χ4v) is 2.85. The van der Waals surface area contributed by atoms with Crippen LogP contribution in [-0.4, -0.2) is 14.8 Å². The monoisotopic (exact) mass is 239 g/mol. The molecule has 0 bridgehead atoms. The minimum atomic E-state index is 0.627. The number of hydrogen-bond acceptors (Lipinski definition) is 2. The minimum absolute atomic E-state index is 0.627. The average Bonchev–Trinajstić information content (AvgIpc) is 2.55. The highest BCUT2D eigenvalue weighted by atomic mass is 32.1. The maximum Gasteiger partial charge on any atom is 0.195 e. The van der Waals surface area contributed by atoms with Gasteiger partial charge in [-0.15, -0.1) is 0 Å². The highest BCUT2D eigenvalue weighted by Crippen LogP contribution is 2.30. The fraction of sp³-hybridized carbons (Fsp3) is 0.833. The van der Waals surface area contributed by atoms with E-state index in [0.717, 1.165) is 17.7 Å². The summed E-state index contributed by atoms with van der Waals surface area (Å²) in [6.07, 6.45) is 9.14. The molecular weight excluding hydrogens is 218 g/mol. The summed E-state index contributed by atoms with van der Waals surface area (Å²) < 4.78 is 2.99. The van der Waals surface area contributed by atoms with Gasteiger partial charge < -0.3 is 4.57 Å². The Hall–Kier alpha value is -0.640. The Labute approximate surface area is 102 Å². The molecule has 0 radical (unpaired) electrons. The SMILES string of the molecule is CCCn1c(C2CCCCCC2)n[nH]c1=S. The summed E-state index contributed by atoms with van der Waals surface area (Å²) in [4.78, 5) is 0. The molecule has 1 fully saturated rings. The maximum absolute atomic E-state index is 5.29. The van der Waals surface area contributed by atoms with Crippen molar-refractivity contribution in [1.29, 1.82) is 0 Å². The second kappa shape index (κ2) is 5.62. The van der Waals surface area contributed by atoms with Crippen LogP contribution in [0.25, 0.3) is 0 Å². The zero-order chi connectivity index (χ0) is 11.4. The molecule has 1 saturated carbocycles. The molecule has 4 heteroatoms. The van der Waals surface area contributed by atoms with Crippen molar-refractivity contribution in [2.75, 3.05) is 0 Å². The summed E-state index contributed by atoms with van der Waals surface area (Å²) in [5.74, 6) is 1.83. The van der Waals surface area contributed by atoms with Gasteiger partial charge in [-0.1, -0.05) is 32.6 Å². The van der Waals surface area contributed by atoms with Crippen LogP contribution < -0.4 is 0 Å². The number of hydrogen-bond donors (Lipinski definition) is 1. The average molecular weight is 239 g/mol. The van der Waals surface area contributed by atoms with Crippen molar-refractivity contribution >= 4 is 12.2 Å². The lowest BCUT2D eigenvalue weighted by Crippen LogP contribution is -2.09. The first kappa shape index (κ1) is 11.8. The van der Waals surface area contributed by atoms with E-state index in [4.69, 9.17) is 12.2 Å². The van der Waals surface area contributed by atoms with Crippen LogP contribution in [0.5, 0.6) is 0 Å². The summed E-state index contributed by atoms with van der Waals surface area (Å²) in [6, 6.07) is 0. The summed E-state index contributed by atoms with van der Waals surface area (Å²) in [6.45, 7) is 3.19. The van der Waals surface area contributed by atoms with Crippen molar-refractivity contribution in [3.8, 4) is 0 Å². The molecule has 0 atom stereocenters. The first-order valence-electron chi connectivity index (χ1n) is 6.48. The van der Waals surface area contributed by atoms with Gasteiger partial charge in [-0.2, -0.15) is 5.10 Å². The van der Waals surface area contributed by atoms with Gasteiger partial charge in [0.25, 0.3) is 0 Å². The van der Waals surface area contributed by atoms with Gasteiger partial charge >= 0.3 is 0 Å². The molecule has 1 N–H and O–H groups in total. The van der Waals surface area contributed by atoms with Crippen LogP contribution in [0.15, 0.2) is 0 Å². The van der Waals surface area contributed by atoms with Crippen LogP contribution in [0.1, 0.15) is 63.6 Å². The van der Waals surface area contributed by atoms with Crippen molar-refractivity contribution in [1.82, 2.24) is 14.8 Å². The van der Waals surface area contributed by atoms with Crippen LogP contribution in [0.4, 0.5) is 0 Å². The van der Waals surface area contributed by atoms with Crippen molar-refractivity contribution in [3.05, 3.63) is 10.6 Å². The molecule has 1 aromatic rings. The highest BCUT2D eigenvalue weighted by Gasteiger charge is 2.19. The van der Waals surface area contributed by atoms with E-state index in [1.165, 1.54) is 44.3 Å². The number of H-pyrrole nitrogens is 1. The molecule has 3 nitrogen and oxygen atoms in total. The molecule has 0 aromatic carbocycles. The lowest BCUT2D eigenvalue weighted by Gasteiger charge is -2.14. The smallest absolute Gasteiger partial charge is 0.195 e. The van der Waals surface area contributed by atoms with Crippen LogP contribution in [0.2, 0.25) is 0 Å². The van der Waals surface area contributed by atoms with E-state index >= 15 is 0 Å². The Balaban J connectivity index is 2.20. The van der Waals surface area contributed by atoms with Crippen LogP contribution in [0.3, 0.4) is 0 Å². The summed E-state index contributed by atoms with van der Waals surface area (Å²) >= 11 is 5.29. The third-order valence-corrected chi connectivity index (χ3v) is 3.77. The molecular formula is C12H21N3S. The fourth-order valence-electron chi connectivity index (χ4n) is 2.62. The Morgan fingerprint density at radius 2 is 2.00 bits per heavy atom. The summed E-state index contributed by atoms with van der Waals surface area (Å²) in [5.41, 5.74) is 0. The van der Waals surface area contributed by atoms with Gasteiger partial charge in [0.15, 0.2) is 4.77 Å². The van der Waals surface area contributed by atoms with Gasteiger partial charge in [0.1, 0.15) is 5.82 Å². The lowest BCUT2D eigenvalue weighted by atomic mass is 9.99. The van der Waals surface area contributed by atoms with Crippen LogP contribution in [0, 0.1) is 4.77 Å². The molecule has 16 heavy (non-hydrogen) atoms. The molecule has 1 aliphatic carbocycles. The van der Waals surface area contributed by atoms with Gasteiger partial charge in [0, 0.05) is 12.5 Å². The largest absolute Gasteiger partial charge is 0.304 e. The van der Waals surface area contributed by atoms with E-state index in [0.29, 0.717) is 5.92 Å². The van der Waals surface area contributed by atoms with Crippen molar-refractivity contribution in [2.24, 2.45) is 0 Å². The minimum Gasteiger partial charge on any atom is -0.304 e. The van der Waals surface area contributed by atoms with Gasteiger partial charge in [-0.25, -0.2) is 0 Å². The first-order valence-corrected chi connectivity index (χ1v) is 6.89. The summed E-state index contributed by atoms with van der Waals surface area (Å²) in [5, 5.41) is 7.40. The molecule has 1 heterocycles. The van der Waals surface area contributed by atoms with Gasteiger partial charge in [0.05, 0.1) is 0 Å². The number of nitrogens with zero attached hydrogens (tertiary/aromatic N) is 2. The second-order valence-electron chi connectivity index (χ2n) is 4.73. The molecule has 0 aliphatic heterocycles. The molecule has 0 amide bonds. The molecule has 2 rings (SSSR count). The highest BCUT2D eigenvalue weighted by molar-refractivity contribution is 7.71. The number of rotatable bonds is 3. The molecule has 0 saturated heterocycles. The molecule has 1 aromatic heterocycles. The predicted octanol–water partition coefficient (Wildman–Crippen LogP) is 3.79. The molecule has 0 spiro atoms. The third kappa shape index (κ3) is 2.54. The van der Waals surface area contributed by atoms with E-state index in [2.05, 4.69) is 21.7 Å². The Bertz CT molecular complexity index is 372. The second-order valence-corrected chi connectivity index (χ2v) is 5.11. The van der Waals surface area contributed by atoms with Crippen molar-refractivity contribution < 1.29 is 0 Å². The van der Waals surface area contributed by atoms with Gasteiger partial charge in [-0.05, 0) is 31.5 Å². The zero-order valence-electron chi connectivity index (χ0n) is 10.0. The number of nitrogens with one attached hydrogen (secondary N) is 1. The number of aromatic amines is 1. The normalized spacial score (nSPS) is 18.6. The van der Waals surface area contributed by atoms with Gasteiger partial charge in [-0.3, -0.25) is 5.10 Å². The van der Waals surface area contributed by atoms with Gasteiger partial charge in [0.2, 0.25) is 0 Å². The van der Waals surface area contributed by atoms with Crippen LogP contribution >= 0.6 is 12.2 Å². The lowest BCUT2D eigenvalue weighted by molar-refractivity contribution is 0.514. The van der Waals surface area contributed by atoms with E-state index in [1.54, 1.807) is 0 Å². The quantitative estimate of drug-likeness (QED) is 0.643. The first-order chi connectivity index (χ1) is 7.83. The van der Waals surface area contributed by atoms with Crippen molar-refractivity contribution in [2.45, 2.75) is 64.3 Å². The number of aromatic nitrogens is 3. The zero-order valence-corrected chi connectivity index (χ0v) is 10.9. The summed E-state index contributed by atoms with van der Waals surface area (Å²) in [7, 11) is 0.